The lowest BCUT2D eigenvalue weighted by Crippen LogP contribution is -2.38. The Morgan fingerprint density at radius 2 is 2.11 bits per heavy atom. The largest absolute Gasteiger partial charge is 0.375 e. The van der Waals surface area contributed by atoms with Crippen LogP contribution in [0, 0.1) is 13.8 Å². The van der Waals surface area contributed by atoms with Crippen LogP contribution in [0.4, 0.5) is 5.69 Å². The van der Waals surface area contributed by atoms with E-state index in [9.17, 15) is 0 Å². The zero-order valence-electron chi connectivity index (χ0n) is 12.2. The maximum absolute atomic E-state index is 4.62. The van der Waals surface area contributed by atoms with E-state index in [0.717, 1.165) is 19.6 Å². The molecular formula is C15H24ClN3. The predicted octanol–water partition coefficient (Wildman–Crippen LogP) is 3.26. The van der Waals surface area contributed by atoms with Crippen molar-refractivity contribution < 1.29 is 0 Å². The molecule has 0 bridgehead atoms. The van der Waals surface area contributed by atoms with E-state index in [0.29, 0.717) is 0 Å². The van der Waals surface area contributed by atoms with Crippen LogP contribution in [0.15, 0.2) is 23.2 Å². The second-order valence-corrected chi connectivity index (χ2v) is 4.93. The Hall–Kier alpha value is -1.22. The molecule has 106 valence electrons. The molecule has 1 aliphatic heterocycles. The molecular weight excluding hydrogens is 258 g/mol. The quantitative estimate of drug-likeness (QED) is 0.917. The number of aryl methyl sites for hydroxylation is 1. The van der Waals surface area contributed by atoms with Gasteiger partial charge in [0.15, 0.2) is 0 Å². The van der Waals surface area contributed by atoms with Crippen molar-refractivity contribution in [2.24, 2.45) is 4.99 Å². The molecule has 1 heterocycles. The second kappa shape index (κ2) is 6.80. The number of aliphatic imine (C=N–C) groups is 1. The van der Waals surface area contributed by atoms with E-state index in [1.54, 1.807) is 0 Å². The number of hydrogen-bond acceptors (Lipinski definition) is 3. The van der Waals surface area contributed by atoms with Gasteiger partial charge in [0.2, 0.25) is 0 Å². The normalized spacial score (nSPS) is 15.8. The molecule has 0 amide bonds. The molecule has 1 atom stereocenters. The van der Waals surface area contributed by atoms with E-state index in [-0.39, 0.29) is 18.4 Å². The lowest BCUT2D eigenvalue weighted by Gasteiger charge is -2.25. The molecule has 0 saturated carbocycles. The average molecular weight is 282 g/mol. The van der Waals surface area contributed by atoms with Crippen LogP contribution < -0.4 is 5.32 Å². The van der Waals surface area contributed by atoms with Crippen molar-refractivity contribution in [3.63, 3.8) is 0 Å². The van der Waals surface area contributed by atoms with E-state index in [1.165, 1.54) is 22.6 Å². The third-order valence-corrected chi connectivity index (χ3v) is 3.71. The first-order valence-corrected chi connectivity index (χ1v) is 6.75. The maximum atomic E-state index is 4.62. The molecule has 1 aliphatic rings. The Morgan fingerprint density at radius 1 is 1.37 bits per heavy atom. The van der Waals surface area contributed by atoms with Gasteiger partial charge < -0.3 is 10.2 Å². The molecule has 1 unspecified atom stereocenters. The predicted molar refractivity (Wildman–Crippen MR) is 85.8 cm³/mol. The molecule has 2 rings (SSSR count). The maximum Gasteiger partial charge on any atom is 0.121 e. The van der Waals surface area contributed by atoms with E-state index >= 15 is 0 Å². The Bertz CT molecular complexity index is 457. The van der Waals surface area contributed by atoms with Crippen molar-refractivity contribution in [3.05, 3.63) is 29.3 Å². The minimum atomic E-state index is 0. The summed E-state index contributed by atoms with van der Waals surface area (Å²) in [5, 5.41) is 3.58. The molecule has 0 fully saturated rings. The third kappa shape index (κ3) is 3.41. The van der Waals surface area contributed by atoms with Gasteiger partial charge in [-0.25, -0.2) is 0 Å². The van der Waals surface area contributed by atoms with Crippen LogP contribution in [-0.2, 0) is 0 Å². The Kier molecular flexibility index (Phi) is 5.67. The van der Waals surface area contributed by atoms with Crippen molar-refractivity contribution in [1.29, 1.82) is 0 Å². The van der Waals surface area contributed by atoms with Gasteiger partial charge in [0.05, 0.1) is 12.6 Å². The molecule has 0 spiro atoms. The Labute approximate surface area is 122 Å². The molecule has 0 saturated heterocycles. The summed E-state index contributed by atoms with van der Waals surface area (Å²) >= 11 is 0. The van der Waals surface area contributed by atoms with Crippen molar-refractivity contribution in [2.75, 3.05) is 25.0 Å². The van der Waals surface area contributed by atoms with Gasteiger partial charge in [-0.15, -0.1) is 12.4 Å². The third-order valence-electron chi connectivity index (χ3n) is 3.71. The summed E-state index contributed by atoms with van der Waals surface area (Å²) in [7, 11) is 0. The van der Waals surface area contributed by atoms with Crippen LogP contribution in [0.5, 0.6) is 0 Å². The van der Waals surface area contributed by atoms with Gasteiger partial charge in [-0.2, -0.15) is 0 Å². The highest BCUT2D eigenvalue weighted by atomic mass is 35.5. The fourth-order valence-electron chi connectivity index (χ4n) is 2.44. The first-order chi connectivity index (χ1) is 8.63. The van der Waals surface area contributed by atoms with Gasteiger partial charge in [0, 0.05) is 18.8 Å². The van der Waals surface area contributed by atoms with E-state index in [4.69, 9.17) is 0 Å². The molecule has 4 heteroatoms. The molecule has 0 radical (unpaired) electrons. The lowest BCUT2D eigenvalue weighted by atomic mass is 10.1. The standard InChI is InChI=1S/C15H23N3.ClH/c1-5-18-10-9-16-15(18)13(4)17-14-8-6-7-11(2)12(14)3;/h6-8,13,17H,5,9-10H2,1-4H3;1H. The highest BCUT2D eigenvalue weighted by molar-refractivity contribution is 5.90. The van der Waals surface area contributed by atoms with Crippen LogP contribution in [-0.4, -0.2) is 36.4 Å². The molecule has 19 heavy (non-hydrogen) atoms. The van der Waals surface area contributed by atoms with Crippen LogP contribution in [0.25, 0.3) is 0 Å². The van der Waals surface area contributed by atoms with E-state index in [2.05, 4.69) is 61.1 Å². The van der Waals surface area contributed by atoms with Gasteiger partial charge >= 0.3 is 0 Å². The average Bonchev–Trinajstić information content (AvgIpc) is 2.83. The first-order valence-electron chi connectivity index (χ1n) is 6.75. The van der Waals surface area contributed by atoms with Crippen molar-refractivity contribution in [3.8, 4) is 0 Å². The summed E-state index contributed by atoms with van der Waals surface area (Å²) in [4.78, 5) is 6.97. The highest BCUT2D eigenvalue weighted by Gasteiger charge is 2.21. The first kappa shape index (κ1) is 15.8. The highest BCUT2D eigenvalue weighted by Crippen LogP contribution is 2.20. The Balaban J connectivity index is 0.00000180. The monoisotopic (exact) mass is 281 g/mol. The molecule has 1 aromatic rings. The number of benzene rings is 1. The summed E-state index contributed by atoms with van der Waals surface area (Å²) < 4.78 is 0. The van der Waals surface area contributed by atoms with Crippen LogP contribution in [0.3, 0.4) is 0 Å². The number of likely N-dealkylation sites (N-methyl/N-ethyl adjacent to an activating group) is 1. The summed E-state index contributed by atoms with van der Waals surface area (Å²) in [6.45, 7) is 11.7. The summed E-state index contributed by atoms with van der Waals surface area (Å²) in [5.41, 5.74) is 3.87. The molecule has 0 aliphatic carbocycles. The SMILES string of the molecule is CCN1CCN=C1C(C)Nc1cccc(C)c1C.Cl. The zero-order valence-corrected chi connectivity index (χ0v) is 13.0. The van der Waals surface area contributed by atoms with Gasteiger partial charge in [-0.05, 0) is 44.9 Å². The zero-order chi connectivity index (χ0) is 13.1. The summed E-state index contributed by atoms with van der Waals surface area (Å²) in [5.74, 6) is 1.19. The van der Waals surface area contributed by atoms with Gasteiger partial charge in [-0.3, -0.25) is 4.99 Å². The minimum absolute atomic E-state index is 0. The Morgan fingerprint density at radius 3 is 2.79 bits per heavy atom. The number of rotatable bonds is 4. The van der Waals surface area contributed by atoms with Crippen molar-refractivity contribution in [2.45, 2.75) is 33.7 Å². The fraction of sp³-hybridized carbons (Fsp3) is 0.533. The number of anilines is 1. The summed E-state index contributed by atoms with van der Waals surface area (Å²) in [6.07, 6.45) is 0. The number of nitrogens with one attached hydrogen (secondary N) is 1. The molecule has 1 aromatic carbocycles. The minimum Gasteiger partial charge on any atom is -0.375 e. The van der Waals surface area contributed by atoms with Crippen molar-refractivity contribution in [1.82, 2.24) is 4.90 Å². The second-order valence-electron chi connectivity index (χ2n) is 4.93. The van der Waals surface area contributed by atoms with E-state index in [1.807, 2.05) is 0 Å². The van der Waals surface area contributed by atoms with Crippen LogP contribution >= 0.6 is 12.4 Å². The van der Waals surface area contributed by atoms with Crippen LogP contribution in [0.1, 0.15) is 25.0 Å². The molecule has 0 aromatic heterocycles. The van der Waals surface area contributed by atoms with E-state index < -0.39 is 0 Å². The molecule has 1 N–H and O–H groups in total. The number of hydrogen-bond donors (Lipinski definition) is 1. The number of halogens is 1. The summed E-state index contributed by atoms with van der Waals surface area (Å²) in [6, 6.07) is 6.67. The van der Waals surface area contributed by atoms with Crippen LogP contribution in [0.2, 0.25) is 0 Å². The van der Waals surface area contributed by atoms with Gasteiger partial charge in [-0.1, -0.05) is 12.1 Å². The van der Waals surface area contributed by atoms with Gasteiger partial charge in [0.1, 0.15) is 5.84 Å². The number of nitrogens with zero attached hydrogens (tertiary/aromatic N) is 2. The smallest absolute Gasteiger partial charge is 0.121 e. The lowest BCUT2D eigenvalue weighted by molar-refractivity contribution is 0.472. The topological polar surface area (TPSA) is 27.6 Å². The van der Waals surface area contributed by atoms with Gasteiger partial charge in [0.25, 0.3) is 0 Å². The fourth-order valence-corrected chi connectivity index (χ4v) is 2.44. The molecule has 3 nitrogen and oxygen atoms in total. The number of amidine groups is 1. The van der Waals surface area contributed by atoms with Crippen molar-refractivity contribution >= 4 is 23.9 Å².